The number of carbonyl (C=O) groups is 2. The Hall–Kier alpha value is -4.49. The van der Waals surface area contributed by atoms with Crippen LogP contribution in [0.2, 0.25) is 0 Å². The second-order valence-corrected chi connectivity index (χ2v) is 13.5. The normalized spacial score (nSPS) is 12.7. The summed E-state index contributed by atoms with van der Waals surface area (Å²) in [7, 11) is 1.55. The second kappa shape index (κ2) is 12.4. The van der Waals surface area contributed by atoms with Gasteiger partial charge in [0.25, 0.3) is 0 Å². The first-order valence-corrected chi connectivity index (χ1v) is 15.2. The number of aliphatic hydroxyl groups is 1. The minimum absolute atomic E-state index is 0.0216. The van der Waals surface area contributed by atoms with E-state index in [1.165, 1.54) is 27.8 Å². The standard InChI is InChI=1S/C33H35BrFN5O6/c1-32(2,3)45-30(42)38-18-23(26-24(38)16-20-14-15-40(34)29(20)37-26)27(41)22-12-13-25(36-28(22)35)39(31(43)46-33(4,5)6)17-19-8-10-21(44-7)11-9-19/h8-16,18,27,41H,17H2,1-7H3. The highest BCUT2D eigenvalue weighted by Gasteiger charge is 2.29. The zero-order chi connectivity index (χ0) is 33.6. The number of hydrogen-bond acceptors (Lipinski definition) is 8. The summed E-state index contributed by atoms with van der Waals surface area (Å²) in [6, 6.07) is 13.4. The quantitative estimate of drug-likeness (QED) is 0.181. The number of amides is 1. The van der Waals surface area contributed by atoms with Gasteiger partial charge in [0.1, 0.15) is 28.9 Å². The largest absolute Gasteiger partial charge is 0.497 e. The Morgan fingerprint density at radius 3 is 2.26 bits per heavy atom. The number of aromatic nitrogens is 4. The molecular formula is C33H35BrFN5O6. The highest BCUT2D eigenvalue weighted by molar-refractivity contribution is 9.08. The van der Waals surface area contributed by atoms with Gasteiger partial charge in [-0.15, -0.1) is 0 Å². The van der Waals surface area contributed by atoms with Gasteiger partial charge in [-0.05, 0) is 83.5 Å². The zero-order valence-electron chi connectivity index (χ0n) is 26.5. The summed E-state index contributed by atoms with van der Waals surface area (Å²) in [6.07, 6.45) is 0.145. The number of carbonyl (C=O) groups excluding carboxylic acids is 2. The predicted octanol–water partition coefficient (Wildman–Crippen LogP) is 7.50. The minimum atomic E-state index is -1.58. The van der Waals surface area contributed by atoms with Crippen LogP contribution in [0.1, 0.15) is 64.3 Å². The summed E-state index contributed by atoms with van der Waals surface area (Å²) in [4.78, 5) is 36.4. The van der Waals surface area contributed by atoms with Crippen LogP contribution in [-0.2, 0) is 16.0 Å². The Balaban J connectivity index is 1.55. The smallest absolute Gasteiger partial charge is 0.419 e. The molecule has 0 saturated heterocycles. The van der Waals surface area contributed by atoms with Crippen molar-refractivity contribution in [2.24, 2.45) is 0 Å². The van der Waals surface area contributed by atoms with Gasteiger partial charge in [0.15, 0.2) is 5.65 Å². The summed E-state index contributed by atoms with van der Waals surface area (Å²) in [5.41, 5.74) is 0.258. The Kier molecular flexibility index (Phi) is 8.84. The Morgan fingerprint density at radius 1 is 0.978 bits per heavy atom. The molecule has 13 heteroatoms. The van der Waals surface area contributed by atoms with Crippen LogP contribution < -0.4 is 9.64 Å². The first-order valence-electron chi connectivity index (χ1n) is 14.4. The molecule has 0 saturated carbocycles. The number of aliphatic hydroxyl groups excluding tert-OH is 1. The van der Waals surface area contributed by atoms with Crippen LogP contribution in [0.4, 0.5) is 19.8 Å². The van der Waals surface area contributed by atoms with Crippen LogP contribution in [0.15, 0.2) is 60.9 Å². The van der Waals surface area contributed by atoms with E-state index in [1.807, 2.05) is 6.07 Å². The van der Waals surface area contributed by atoms with E-state index >= 15 is 4.39 Å². The third-order valence-corrected chi connectivity index (χ3v) is 7.40. The van der Waals surface area contributed by atoms with Gasteiger partial charge in [-0.25, -0.2) is 19.6 Å². The summed E-state index contributed by atoms with van der Waals surface area (Å²) >= 11 is 3.40. The number of nitrogens with zero attached hydrogens (tertiary/aromatic N) is 5. The summed E-state index contributed by atoms with van der Waals surface area (Å²) in [5, 5.41) is 12.3. The molecule has 0 aliphatic carbocycles. The van der Waals surface area contributed by atoms with Crippen molar-refractivity contribution in [3.8, 4) is 5.75 Å². The van der Waals surface area contributed by atoms with Crippen LogP contribution >= 0.6 is 16.1 Å². The number of hydrogen-bond donors (Lipinski definition) is 1. The predicted molar refractivity (Wildman–Crippen MR) is 175 cm³/mol. The highest BCUT2D eigenvalue weighted by Crippen LogP contribution is 2.34. The molecule has 11 nitrogen and oxygen atoms in total. The van der Waals surface area contributed by atoms with Crippen molar-refractivity contribution < 1.29 is 33.3 Å². The van der Waals surface area contributed by atoms with Crippen molar-refractivity contribution in [2.45, 2.75) is 65.4 Å². The molecule has 242 valence electrons. The molecule has 0 spiro atoms. The van der Waals surface area contributed by atoms with E-state index in [1.54, 1.807) is 88.8 Å². The van der Waals surface area contributed by atoms with Gasteiger partial charge in [0, 0.05) is 28.9 Å². The molecule has 4 aromatic heterocycles. The number of benzene rings is 1. The number of fused-ring (bicyclic) bond motifs is 2. The van der Waals surface area contributed by atoms with Crippen LogP contribution in [0.25, 0.3) is 22.1 Å². The highest BCUT2D eigenvalue weighted by atomic mass is 79.9. The Bertz CT molecular complexity index is 1920. The third kappa shape index (κ3) is 7.00. The van der Waals surface area contributed by atoms with E-state index in [-0.39, 0.29) is 29.0 Å². The lowest BCUT2D eigenvalue weighted by Gasteiger charge is -2.27. The van der Waals surface area contributed by atoms with Crippen molar-refractivity contribution >= 4 is 56.2 Å². The molecule has 1 aromatic carbocycles. The molecule has 1 amide bonds. The molecule has 0 fully saturated rings. The van der Waals surface area contributed by atoms with Crippen molar-refractivity contribution in [1.29, 1.82) is 0 Å². The van der Waals surface area contributed by atoms with Crippen LogP contribution in [-0.4, -0.2) is 53.7 Å². The molecular weight excluding hydrogens is 661 g/mol. The average molecular weight is 697 g/mol. The molecule has 5 aromatic rings. The Morgan fingerprint density at radius 2 is 1.65 bits per heavy atom. The summed E-state index contributed by atoms with van der Waals surface area (Å²) in [6.45, 7) is 10.4. The lowest BCUT2D eigenvalue weighted by atomic mass is 10.0. The fourth-order valence-electron chi connectivity index (χ4n) is 4.77. The number of pyridine rings is 2. The third-order valence-electron chi connectivity index (χ3n) is 6.83. The first kappa shape index (κ1) is 32.9. The van der Waals surface area contributed by atoms with E-state index in [0.29, 0.717) is 16.9 Å². The maximum absolute atomic E-state index is 15.8. The Labute approximate surface area is 273 Å². The number of methoxy groups -OCH3 is 1. The van der Waals surface area contributed by atoms with E-state index < -0.39 is 35.4 Å². The van der Waals surface area contributed by atoms with Gasteiger partial charge in [-0.3, -0.25) is 13.1 Å². The lowest BCUT2D eigenvalue weighted by molar-refractivity contribution is 0.0540. The topological polar surface area (TPSA) is 121 Å². The lowest BCUT2D eigenvalue weighted by Crippen LogP contribution is -2.37. The maximum Gasteiger partial charge on any atom is 0.419 e. The number of ether oxygens (including phenoxy) is 3. The van der Waals surface area contributed by atoms with Gasteiger partial charge in [-0.2, -0.15) is 4.39 Å². The minimum Gasteiger partial charge on any atom is -0.497 e. The van der Waals surface area contributed by atoms with Crippen molar-refractivity contribution in [2.75, 3.05) is 12.0 Å². The van der Waals surface area contributed by atoms with Gasteiger partial charge >= 0.3 is 12.2 Å². The zero-order valence-corrected chi connectivity index (χ0v) is 28.1. The van der Waals surface area contributed by atoms with Crippen molar-refractivity contribution in [1.82, 2.24) is 18.1 Å². The maximum atomic E-state index is 15.8. The fraction of sp³-hybridized carbons (Fsp3) is 0.333. The monoisotopic (exact) mass is 695 g/mol. The second-order valence-electron chi connectivity index (χ2n) is 12.7. The number of anilines is 1. The average Bonchev–Trinajstić information content (AvgIpc) is 3.53. The van der Waals surface area contributed by atoms with Gasteiger partial charge in [0.2, 0.25) is 5.95 Å². The van der Waals surface area contributed by atoms with E-state index in [2.05, 4.69) is 26.1 Å². The molecule has 5 rings (SSSR count). The summed E-state index contributed by atoms with van der Waals surface area (Å²) in [5.74, 6) is -0.397. The molecule has 0 aliphatic rings. The fourth-order valence-corrected chi connectivity index (χ4v) is 5.18. The molecule has 0 bridgehead atoms. The molecule has 46 heavy (non-hydrogen) atoms. The van der Waals surface area contributed by atoms with Crippen LogP contribution in [0.5, 0.6) is 5.75 Å². The first-order chi connectivity index (χ1) is 21.5. The van der Waals surface area contributed by atoms with E-state index in [4.69, 9.17) is 14.2 Å². The van der Waals surface area contributed by atoms with Gasteiger partial charge in [-0.1, -0.05) is 12.1 Å². The van der Waals surface area contributed by atoms with Gasteiger partial charge < -0.3 is 19.3 Å². The molecule has 1 N–H and O–H groups in total. The molecule has 0 aliphatic heterocycles. The van der Waals surface area contributed by atoms with Crippen LogP contribution in [0.3, 0.4) is 0 Å². The molecule has 4 heterocycles. The van der Waals surface area contributed by atoms with Crippen molar-refractivity contribution in [3.63, 3.8) is 0 Å². The number of halogens is 2. The molecule has 0 radical (unpaired) electrons. The van der Waals surface area contributed by atoms with Crippen LogP contribution in [0, 0.1) is 5.95 Å². The molecule has 1 atom stereocenters. The van der Waals surface area contributed by atoms with Crippen molar-refractivity contribution in [3.05, 3.63) is 83.6 Å². The van der Waals surface area contributed by atoms with E-state index in [0.717, 1.165) is 10.9 Å². The molecule has 1 unspecified atom stereocenters. The number of rotatable bonds is 6. The SMILES string of the molecule is COc1ccc(CN(C(=O)OC(C)(C)C)c2ccc(C(O)c3cn(C(=O)OC(C)(C)C)c4cc5ccn(Br)c5nc34)c(F)n2)cc1. The van der Waals surface area contributed by atoms with E-state index in [9.17, 15) is 14.7 Å². The van der Waals surface area contributed by atoms with Gasteiger partial charge in [0.05, 0.1) is 40.8 Å². The summed E-state index contributed by atoms with van der Waals surface area (Å²) < 4.78 is 35.1.